The molecule has 0 fully saturated rings. The van der Waals surface area contributed by atoms with Crippen molar-refractivity contribution in [1.29, 1.82) is 0 Å². The number of likely N-dealkylation sites (N-methyl/N-ethyl adjacent to an activating group) is 1. The van der Waals surface area contributed by atoms with Gasteiger partial charge < -0.3 is 15.8 Å². The van der Waals surface area contributed by atoms with E-state index in [0.29, 0.717) is 5.02 Å². The summed E-state index contributed by atoms with van der Waals surface area (Å²) in [5, 5.41) is 11.9. The molecule has 1 aromatic carbocycles. The predicted octanol–water partition coefficient (Wildman–Crippen LogP) is 2.20. The van der Waals surface area contributed by atoms with Crippen LogP contribution in [0.5, 0.6) is 0 Å². The Morgan fingerprint density at radius 1 is 1.50 bits per heavy atom. The van der Waals surface area contributed by atoms with Crippen LogP contribution in [0, 0.1) is 0 Å². The van der Waals surface area contributed by atoms with Crippen LogP contribution in [-0.2, 0) is 0 Å². The molecule has 0 aliphatic carbocycles. The quantitative estimate of drug-likeness (QED) is 0.387. The highest BCUT2D eigenvalue weighted by Gasteiger charge is 2.23. The topological polar surface area (TPSA) is 78.9 Å². The summed E-state index contributed by atoms with van der Waals surface area (Å²) in [5.41, 5.74) is 5.72. The average Bonchev–Trinajstić information content (AvgIpc) is 2.38. The fourth-order valence-corrected chi connectivity index (χ4v) is 1.70. The van der Waals surface area contributed by atoms with Crippen molar-refractivity contribution in [2.75, 3.05) is 7.05 Å². The van der Waals surface area contributed by atoms with Gasteiger partial charge in [0, 0.05) is 7.05 Å². The van der Waals surface area contributed by atoms with Crippen molar-refractivity contribution in [3.05, 3.63) is 33.8 Å². The third kappa shape index (κ3) is 2.86. The minimum absolute atomic E-state index is 0.0657. The number of hydrogen-bond acceptors (Lipinski definition) is 3. The summed E-state index contributed by atoms with van der Waals surface area (Å²) in [6.07, 6.45) is 0. The van der Waals surface area contributed by atoms with Crippen molar-refractivity contribution in [2.24, 2.45) is 10.9 Å². The molecule has 0 saturated carbocycles. The van der Waals surface area contributed by atoms with Gasteiger partial charge in [0.1, 0.15) is 0 Å². The van der Waals surface area contributed by atoms with E-state index < -0.39 is 6.04 Å². The molecule has 0 aromatic heterocycles. The maximum absolute atomic E-state index is 12.2. The van der Waals surface area contributed by atoms with E-state index in [1.807, 2.05) is 0 Å². The maximum Gasteiger partial charge on any atom is 0.255 e. The standard InChI is InChI=1S/C11H13Cl2N3O2/c1-6(10(14)15-18)16(2)11(17)7-4-3-5-8(12)9(7)13/h3-6,18H,1-2H3,(H2,14,15). The summed E-state index contributed by atoms with van der Waals surface area (Å²) in [6, 6.07) is 4.22. The van der Waals surface area contributed by atoms with E-state index in [0.717, 1.165) is 0 Å². The van der Waals surface area contributed by atoms with E-state index in [1.165, 1.54) is 11.9 Å². The molecule has 18 heavy (non-hydrogen) atoms. The second-order valence-corrected chi connectivity index (χ2v) is 4.50. The molecule has 1 amide bonds. The highest BCUT2D eigenvalue weighted by molar-refractivity contribution is 6.43. The maximum atomic E-state index is 12.2. The first-order chi connectivity index (χ1) is 8.40. The molecule has 98 valence electrons. The first-order valence-corrected chi connectivity index (χ1v) is 5.84. The first kappa shape index (κ1) is 14.6. The summed E-state index contributed by atoms with van der Waals surface area (Å²) < 4.78 is 0. The molecule has 1 unspecified atom stereocenters. The van der Waals surface area contributed by atoms with E-state index >= 15 is 0 Å². The Hall–Kier alpha value is -1.46. The molecule has 0 aliphatic heterocycles. The Labute approximate surface area is 115 Å². The van der Waals surface area contributed by atoms with E-state index in [2.05, 4.69) is 5.16 Å². The van der Waals surface area contributed by atoms with Gasteiger partial charge in [-0.15, -0.1) is 0 Å². The lowest BCUT2D eigenvalue weighted by molar-refractivity contribution is 0.0776. The number of benzene rings is 1. The Bertz CT molecular complexity index is 491. The average molecular weight is 290 g/mol. The molecule has 0 bridgehead atoms. The second-order valence-electron chi connectivity index (χ2n) is 3.72. The Morgan fingerprint density at radius 2 is 2.11 bits per heavy atom. The number of carbonyl (C=O) groups is 1. The SMILES string of the molecule is CC(C(N)=NO)N(C)C(=O)c1cccc(Cl)c1Cl. The predicted molar refractivity (Wildman–Crippen MR) is 71.4 cm³/mol. The van der Waals surface area contributed by atoms with Crippen molar-refractivity contribution in [3.8, 4) is 0 Å². The van der Waals surface area contributed by atoms with Crippen LogP contribution in [0.15, 0.2) is 23.4 Å². The fraction of sp³-hybridized carbons (Fsp3) is 0.273. The number of nitrogens with zero attached hydrogens (tertiary/aromatic N) is 2. The first-order valence-electron chi connectivity index (χ1n) is 5.08. The van der Waals surface area contributed by atoms with E-state index in [4.69, 9.17) is 34.1 Å². The Balaban J connectivity index is 3.04. The molecule has 1 atom stereocenters. The van der Waals surface area contributed by atoms with E-state index in [-0.39, 0.29) is 22.3 Å². The summed E-state index contributed by atoms with van der Waals surface area (Å²) >= 11 is 11.8. The van der Waals surface area contributed by atoms with Gasteiger partial charge >= 0.3 is 0 Å². The van der Waals surface area contributed by atoms with Gasteiger partial charge in [0.05, 0.1) is 21.7 Å². The molecule has 5 nitrogen and oxygen atoms in total. The van der Waals surface area contributed by atoms with Crippen LogP contribution in [0.25, 0.3) is 0 Å². The van der Waals surface area contributed by atoms with Gasteiger partial charge in [-0.2, -0.15) is 0 Å². The third-order valence-electron chi connectivity index (χ3n) is 2.63. The molecule has 0 heterocycles. The lowest BCUT2D eigenvalue weighted by atomic mass is 10.1. The van der Waals surface area contributed by atoms with Crippen LogP contribution in [0.1, 0.15) is 17.3 Å². The monoisotopic (exact) mass is 289 g/mol. The van der Waals surface area contributed by atoms with Crippen LogP contribution in [0.4, 0.5) is 0 Å². The van der Waals surface area contributed by atoms with Gasteiger partial charge in [-0.1, -0.05) is 34.4 Å². The zero-order valence-electron chi connectivity index (χ0n) is 9.89. The highest BCUT2D eigenvalue weighted by Crippen LogP contribution is 2.26. The Kier molecular flexibility index (Phi) is 4.81. The molecule has 1 rings (SSSR count). The number of oxime groups is 1. The molecule has 0 radical (unpaired) electrons. The minimum Gasteiger partial charge on any atom is -0.409 e. The van der Waals surface area contributed by atoms with Gasteiger partial charge in [0.2, 0.25) is 0 Å². The largest absolute Gasteiger partial charge is 0.409 e. The van der Waals surface area contributed by atoms with Crippen molar-refractivity contribution >= 4 is 34.9 Å². The summed E-state index contributed by atoms with van der Waals surface area (Å²) in [4.78, 5) is 13.5. The van der Waals surface area contributed by atoms with Gasteiger partial charge in [-0.25, -0.2) is 0 Å². The van der Waals surface area contributed by atoms with Gasteiger partial charge in [0.25, 0.3) is 5.91 Å². The van der Waals surface area contributed by atoms with Crippen LogP contribution >= 0.6 is 23.2 Å². The van der Waals surface area contributed by atoms with Crippen molar-refractivity contribution in [1.82, 2.24) is 4.90 Å². The molecule has 1 aromatic rings. The number of hydrogen-bond donors (Lipinski definition) is 2. The van der Waals surface area contributed by atoms with Crippen LogP contribution in [-0.4, -0.2) is 34.9 Å². The number of rotatable bonds is 3. The highest BCUT2D eigenvalue weighted by atomic mass is 35.5. The zero-order chi connectivity index (χ0) is 13.9. The molecular weight excluding hydrogens is 277 g/mol. The smallest absolute Gasteiger partial charge is 0.255 e. The van der Waals surface area contributed by atoms with Crippen molar-refractivity contribution < 1.29 is 10.0 Å². The Morgan fingerprint density at radius 3 is 2.67 bits per heavy atom. The van der Waals surface area contributed by atoms with E-state index in [1.54, 1.807) is 25.1 Å². The summed E-state index contributed by atoms with van der Waals surface area (Å²) in [5.74, 6) is -0.425. The molecule has 0 saturated heterocycles. The lowest BCUT2D eigenvalue weighted by Gasteiger charge is -2.24. The number of carbonyl (C=O) groups excluding carboxylic acids is 1. The second kappa shape index (κ2) is 5.93. The van der Waals surface area contributed by atoms with Crippen LogP contribution < -0.4 is 5.73 Å². The number of nitrogens with two attached hydrogens (primary N) is 1. The van der Waals surface area contributed by atoms with E-state index in [9.17, 15) is 4.79 Å². The third-order valence-corrected chi connectivity index (χ3v) is 3.45. The molecular formula is C11H13Cl2N3O2. The van der Waals surface area contributed by atoms with Gasteiger partial charge in [-0.3, -0.25) is 4.79 Å². The van der Waals surface area contributed by atoms with Crippen molar-refractivity contribution in [3.63, 3.8) is 0 Å². The van der Waals surface area contributed by atoms with Crippen LogP contribution in [0.3, 0.4) is 0 Å². The molecule has 0 aliphatic rings. The van der Waals surface area contributed by atoms with Crippen LogP contribution in [0.2, 0.25) is 10.0 Å². The minimum atomic E-state index is -0.558. The summed E-state index contributed by atoms with van der Waals surface area (Å²) in [6.45, 7) is 1.63. The lowest BCUT2D eigenvalue weighted by Crippen LogP contribution is -2.43. The molecule has 7 heteroatoms. The van der Waals surface area contributed by atoms with Gasteiger partial charge in [0.15, 0.2) is 5.84 Å². The van der Waals surface area contributed by atoms with Gasteiger partial charge in [-0.05, 0) is 19.1 Å². The molecule has 3 N–H and O–H groups in total. The molecule has 0 spiro atoms. The number of halogens is 2. The number of amidine groups is 1. The van der Waals surface area contributed by atoms with Crippen molar-refractivity contribution in [2.45, 2.75) is 13.0 Å². The normalized spacial score (nSPS) is 13.2. The zero-order valence-corrected chi connectivity index (χ0v) is 11.4. The summed E-state index contributed by atoms with van der Waals surface area (Å²) in [7, 11) is 1.53. The fourth-order valence-electron chi connectivity index (χ4n) is 1.32. The number of amides is 1.